The topological polar surface area (TPSA) is 161 Å². The number of fused-ring (bicyclic) bond motifs is 2. The van der Waals surface area contributed by atoms with E-state index in [1.807, 2.05) is 0 Å². The molecule has 60 heavy (non-hydrogen) atoms. The van der Waals surface area contributed by atoms with E-state index >= 15 is 0 Å². The second-order valence-electron chi connectivity index (χ2n) is 14.9. The van der Waals surface area contributed by atoms with Crippen molar-refractivity contribution in [2.45, 2.75) is 60.4 Å². The van der Waals surface area contributed by atoms with Crippen LogP contribution in [0, 0.1) is 25.7 Å². The first-order valence-electron chi connectivity index (χ1n) is 18.5. The average molecular weight is 839 g/mol. The van der Waals surface area contributed by atoms with Crippen LogP contribution in [0.15, 0.2) is 84.6 Å². The van der Waals surface area contributed by atoms with Gasteiger partial charge in [0, 0.05) is 62.7 Å². The monoisotopic (exact) mass is 838 g/mol. The highest BCUT2D eigenvalue weighted by Gasteiger charge is 2.39. The zero-order valence-corrected chi connectivity index (χ0v) is 32.9. The number of aliphatic hydroxyl groups is 3. The number of aliphatic hydroxyl groups excluding tert-OH is 3. The smallest absolute Gasteiger partial charge is 0.509 e. The maximum absolute atomic E-state index is 13.9. The van der Waals surface area contributed by atoms with E-state index in [2.05, 4.69) is 20.1 Å². The molecule has 2 aliphatic rings. The van der Waals surface area contributed by atoms with Gasteiger partial charge in [-0.25, -0.2) is 0 Å². The lowest BCUT2D eigenvalue weighted by Gasteiger charge is -2.32. The number of aromatic hydroxyl groups is 2. The summed E-state index contributed by atoms with van der Waals surface area (Å²) in [5, 5.41) is 64.4. The molecule has 0 saturated heterocycles. The van der Waals surface area contributed by atoms with Crippen molar-refractivity contribution in [1.29, 1.82) is 0 Å². The molecular formula is C44H40F6N2O8. The van der Waals surface area contributed by atoms with E-state index in [-0.39, 0.29) is 56.3 Å². The maximum Gasteiger partial charge on any atom is 0.573 e. The van der Waals surface area contributed by atoms with Crippen LogP contribution >= 0.6 is 0 Å². The molecule has 0 aromatic heterocycles. The number of hydrogen-bond acceptors (Lipinski definition) is 10. The largest absolute Gasteiger partial charge is 0.573 e. The number of phenolic OH excluding ortho intramolecular Hbond substituents is 2. The number of phenols is 2. The van der Waals surface area contributed by atoms with Gasteiger partial charge in [-0.15, -0.1) is 26.3 Å². The second kappa shape index (κ2) is 15.9. The van der Waals surface area contributed by atoms with E-state index in [4.69, 9.17) is 0 Å². The van der Waals surface area contributed by atoms with Gasteiger partial charge >= 0.3 is 12.7 Å². The van der Waals surface area contributed by atoms with Gasteiger partial charge in [-0.2, -0.15) is 0 Å². The van der Waals surface area contributed by atoms with Gasteiger partial charge in [0.05, 0.1) is 5.57 Å². The predicted molar refractivity (Wildman–Crippen MR) is 214 cm³/mol. The Bertz CT molecular complexity index is 2500. The van der Waals surface area contributed by atoms with E-state index in [0.29, 0.717) is 27.8 Å². The molecule has 0 spiro atoms. The number of Topliss-reactive ketones (excluding diaryl/α,β-unsaturated/α-hetero) is 1. The number of carbonyl (C=O) groups excluding carboxylic acids is 1. The van der Waals surface area contributed by atoms with Crippen LogP contribution in [0.5, 0.6) is 23.0 Å². The summed E-state index contributed by atoms with van der Waals surface area (Å²) in [5.41, 5.74) is 2.50. The van der Waals surface area contributed by atoms with Gasteiger partial charge in [-0.1, -0.05) is 39.8 Å². The van der Waals surface area contributed by atoms with Crippen LogP contribution in [-0.4, -0.2) is 50.1 Å². The molecule has 316 valence electrons. The second-order valence-corrected chi connectivity index (χ2v) is 14.9. The molecule has 4 aromatic rings. The van der Waals surface area contributed by atoms with Crippen molar-refractivity contribution in [3.05, 3.63) is 118 Å². The van der Waals surface area contributed by atoms with Crippen LogP contribution < -0.4 is 20.1 Å². The van der Waals surface area contributed by atoms with Gasteiger partial charge in [-0.05, 0) is 96.5 Å². The molecule has 0 saturated carbocycles. The predicted octanol–water partition coefficient (Wildman–Crippen LogP) is 10.9. The minimum absolute atomic E-state index is 0.0148. The van der Waals surface area contributed by atoms with Crippen molar-refractivity contribution in [1.82, 2.24) is 0 Å². The van der Waals surface area contributed by atoms with Crippen molar-refractivity contribution in [2.75, 3.05) is 10.6 Å². The van der Waals surface area contributed by atoms with Gasteiger partial charge in [0.15, 0.2) is 5.76 Å². The fraction of sp³-hybridized carbons (Fsp3) is 0.250. The molecule has 0 heterocycles. The molecule has 4 aromatic carbocycles. The van der Waals surface area contributed by atoms with Crippen molar-refractivity contribution < 1.29 is 66.1 Å². The highest BCUT2D eigenvalue weighted by atomic mass is 19.4. The lowest BCUT2D eigenvalue weighted by atomic mass is 9.75. The van der Waals surface area contributed by atoms with E-state index < -0.39 is 65.0 Å². The highest BCUT2D eigenvalue weighted by Crippen LogP contribution is 2.54. The molecule has 0 fully saturated rings. The van der Waals surface area contributed by atoms with Gasteiger partial charge in [-0.3, -0.25) is 4.79 Å². The summed E-state index contributed by atoms with van der Waals surface area (Å²) < 4.78 is 84.3. The highest BCUT2D eigenvalue weighted by molar-refractivity contribution is 6.34. The quantitative estimate of drug-likeness (QED) is 0.0638. The van der Waals surface area contributed by atoms with Crippen LogP contribution in [0.25, 0.3) is 33.4 Å². The lowest BCUT2D eigenvalue weighted by molar-refractivity contribution is -0.275. The van der Waals surface area contributed by atoms with Crippen LogP contribution in [0.2, 0.25) is 0 Å². The Morgan fingerprint density at radius 2 is 1.05 bits per heavy atom. The Morgan fingerprint density at radius 1 is 0.633 bits per heavy atom. The molecule has 7 N–H and O–H groups in total. The Balaban J connectivity index is 1.53. The van der Waals surface area contributed by atoms with E-state index in [9.17, 15) is 56.7 Å². The average Bonchev–Trinajstić information content (AvgIpc) is 3.13. The van der Waals surface area contributed by atoms with Crippen LogP contribution in [-0.2, 0) is 4.79 Å². The van der Waals surface area contributed by atoms with E-state index in [0.717, 1.165) is 24.3 Å². The van der Waals surface area contributed by atoms with E-state index in [1.165, 1.54) is 36.7 Å². The molecule has 0 amide bonds. The van der Waals surface area contributed by atoms with Gasteiger partial charge in [0.1, 0.15) is 34.9 Å². The van der Waals surface area contributed by atoms with Crippen LogP contribution in [0.3, 0.4) is 0 Å². The summed E-state index contributed by atoms with van der Waals surface area (Å²) in [5.74, 6) is -4.48. The molecule has 2 aliphatic carbocycles. The first-order chi connectivity index (χ1) is 28.0. The minimum atomic E-state index is -4.91. The molecule has 6 rings (SSSR count). The number of ketones is 1. The third-order valence-electron chi connectivity index (χ3n) is 10.0. The molecule has 0 aliphatic heterocycles. The SMILES string of the molecule is Cc1cc2c(c(O)c1-c1c(C)cc3c(c1O)/C(=C\Nc1ccc(OC(F)(F)F)cc1)C(=O)C(O)=C3C(C)C)/C(=C/Nc1ccc(OC(F)(F)F)cc1)C(O)C(O)=C2C(C)C. The minimum Gasteiger partial charge on any atom is -0.509 e. The first-order valence-corrected chi connectivity index (χ1v) is 18.5. The zero-order valence-electron chi connectivity index (χ0n) is 32.9. The first kappa shape index (κ1) is 43.0. The number of alkyl halides is 6. The van der Waals surface area contributed by atoms with Crippen molar-refractivity contribution >= 4 is 39.5 Å². The normalized spacial score (nSPS) is 17.1. The summed E-state index contributed by atoms with van der Waals surface area (Å²) in [7, 11) is 0. The zero-order chi connectivity index (χ0) is 44.2. The number of anilines is 2. The number of aryl methyl sites for hydroxylation is 2. The van der Waals surface area contributed by atoms with Gasteiger partial charge in [0.25, 0.3) is 0 Å². The van der Waals surface area contributed by atoms with Crippen molar-refractivity contribution in [3.63, 3.8) is 0 Å². The number of allylic oxidation sites excluding steroid dienone is 3. The van der Waals surface area contributed by atoms with Gasteiger partial charge < -0.3 is 45.6 Å². The van der Waals surface area contributed by atoms with Gasteiger partial charge in [0.2, 0.25) is 5.78 Å². The summed E-state index contributed by atoms with van der Waals surface area (Å²) in [4.78, 5) is 13.9. The lowest BCUT2D eigenvalue weighted by Crippen LogP contribution is -2.23. The van der Waals surface area contributed by atoms with Crippen molar-refractivity contribution in [3.8, 4) is 34.1 Å². The summed E-state index contributed by atoms with van der Waals surface area (Å²) >= 11 is 0. The molecule has 0 radical (unpaired) electrons. The Hall–Kier alpha value is -6.55. The molecule has 16 heteroatoms. The molecule has 10 nitrogen and oxygen atoms in total. The number of ether oxygens (including phenoxy) is 2. The fourth-order valence-electron chi connectivity index (χ4n) is 7.58. The number of rotatable bonds is 9. The number of carbonyl (C=O) groups is 1. The number of halogens is 6. The number of hydrogen-bond donors (Lipinski definition) is 7. The Labute approximate surface area is 340 Å². The Kier molecular flexibility index (Phi) is 11.4. The third-order valence-corrected chi connectivity index (χ3v) is 10.0. The third kappa shape index (κ3) is 8.32. The summed E-state index contributed by atoms with van der Waals surface area (Å²) in [6.07, 6.45) is -9.03. The molecule has 1 unspecified atom stereocenters. The van der Waals surface area contributed by atoms with Crippen LogP contribution in [0.4, 0.5) is 37.7 Å². The summed E-state index contributed by atoms with van der Waals surface area (Å²) in [6, 6.07) is 12.7. The van der Waals surface area contributed by atoms with Crippen molar-refractivity contribution in [2.24, 2.45) is 11.8 Å². The Morgan fingerprint density at radius 3 is 1.48 bits per heavy atom. The number of benzene rings is 4. The standard InChI is InChI=1S/C44H40F6N2O8/c1-19(2)31-27-15-21(5)33(39(55)35(27)29(37(53)41(31)57)17-51-23-7-11-25(12-8-23)59-43(45,46)47)34-22(6)16-28-32(20(3)4)42(58)38(54)30(36(28)40(34)56)18-52-24-9-13-26(14-10-24)60-44(48,49)50/h7-20,37,51-53,55-58H,1-6H3/b29-17-,30-18+. The van der Waals surface area contributed by atoms with E-state index in [1.54, 1.807) is 53.7 Å². The number of nitrogens with one attached hydrogen (secondary N) is 2. The molecule has 0 bridgehead atoms. The fourth-order valence-corrected chi connectivity index (χ4v) is 7.58. The summed E-state index contributed by atoms with van der Waals surface area (Å²) in [6.45, 7) is 10.3. The molecular weight excluding hydrogens is 798 g/mol. The maximum atomic E-state index is 13.9. The van der Waals surface area contributed by atoms with Crippen LogP contribution in [0.1, 0.15) is 61.1 Å². The molecule has 1 atom stereocenters.